The maximum Gasteiger partial charge on any atom is 0.416 e. The van der Waals surface area contributed by atoms with Crippen LogP contribution in [-0.2, 0) is 14.3 Å². The zero-order valence-corrected chi connectivity index (χ0v) is 13.4. The molecule has 0 aromatic heterocycles. The van der Waals surface area contributed by atoms with E-state index in [1.54, 1.807) is 20.8 Å². The van der Waals surface area contributed by atoms with Gasteiger partial charge in [0.1, 0.15) is 12.4 Å². The van der Waals surface area contributed by atoms with Gasteiger partial charge >= 0.3 is 6.09 Å². The fraction of sp³-hybridized carbons (Fsp3) is 0.800. The van der Waals surface area contributed by atoms with Crippen LogP contribution in [0.4, 0.5) is 4.79 Å². The molecule has 6 nitrogen and oxygen atoms in total. The number of aliphatic hydroxyl groups is 1. The Balaban J connectivity index is 2.80. The number of ether oxygens (including phenoxy) is 1. The average Bonchev–Trinajstić information content (AvgIpc) is 2.79. The lowest BCUT2D eigenvalue weighted by Crippen LogP contribution is -2.46. The van der Waals surface area contributed by atoms with Crippen molar-refractivity contribution in [2.24, 2.45) is 11.3 Å². The van der Waals surface area contributed by atoms with Gasteiger partial charge < -0.3 is 9.84 Å². The SMILES string of the molecule is CCC(=O)C(C)(C)[C@@H](O)CC(=O)N1C(=O)OC[C@@H]1C(C)C. The summed E-state index contributed by atoms with van der Waals surface area (Å²) in [6.45, 7) is 8.90. The predicted octanol–water partition coefficient (Wildman–Crippen LogP) is 1.75. The molecule has 1 aliphatic heterocycles. The Kier molecular flexibility index (Phi) is 5.50. The molecule has 0 aromatic rings. The minimum atomic E-state index is -1.13. The summed E-state index contributed by atoms with van der Waals surface area (Å²) in [5.41, 5.74) is -1.01. The van der Waals surface area contributed by atoms with Crippen molar-refractivity contribution < 1.29 is 24.2 Å². The van der Waals surface area contributed by atoms with Crippen molar-refractivity contribution in [3.05, 3.63) is 0 Å². The van der Waals surface area contributed by atoms with Crippen molar-refractivity contribution in [2.45, 2.75) is 59.6 Å². The number of carbonyl (C=O) groups is 3. The van der Waals surface area contributed by atoms with Crippen LogP contribution in [-0.4, -0.2) is 46.5 Å². The van der Waals surface area contributed by atoms with Gasteiger partial charge in [-0.25, -0.2) is 9.69 Å². The second-order valence-corrected chi connectivity index (χ2v) is 6.37. The maximum absolute atomic E-state index is 12.3. The first-order valence-electron chi connectivity index (χ1n) is 7.33. The average molecular weight is 299 g/mol. The van der Waals surface area contributed by atoms with Gasteiger partial charge in [-0.3, -0.25) is 9.59 Å². The monoisotopic (exact) mass is 299 g/mol. The Bertz CT molecular complexity index is 430. The summed E-state index contributed by atoms with van der Waals surface area (Å²) in [7, 11) is 0. The zero-order valence-electron chi connectivity index (χ0n) is 13.4. The van der Waals surface area contributed by atoms with Gasteiger partial charge in [-0.15, -0.1) is 0 Å². The van der Waals surface area contributed by atoms with Crippen LogP contribution >= 0.6 is 0 Å². The summed E-state index contributed by atoms with van der Waals surface area (Å²) in [5, 5.41) is 10.2. The number of cyclic esters (lactones) is 1. The van der Waals surface area contributed by atoms with E-state index in [0.717, 1.165) is 4.90 Å². The summed E-state index contributed by atoms with van der Waals surface area (Å²) in [6.07, 6.45) is -1.78. The standard InChI is InChI=1S/C15H25NO5/c1-6-11(17)15(4,5)12(18)7-13(19)16-10(9(2)3)8-21-14(16)20/h9-10,12,18H,6-8H2,1-5H3/t10-,12+/m1/s1. The van der Waals surface area contributed by atoms with Gasteiger partial charge in [0.2, 0.25) is 5.91 Å². The summed E-state index contributed by atoms with van der Waals surface area (Å²) in [4.78, 5) is 36.9. The lowest BCUT2D eigenvalue weighted by atomic mass is 9.79. The van der Waals surface area contributed by atoms with Gasteiger partial charge in [-0.2, -0.15) is 0 Å². The molecule has 1 heterocycles. The van der Waals surface area contributed by atoms with E-state index in [2.05, 4.69) is 0 Å². The van der Waals surface area contributed by atoms with Crippen LogP contribution in [0.15, 0.2) is 0 Å². The summed E-state index contributed by atoms with van der Waals surface area (Å²) in [6, 6.07) is -0.317. The first kappa shape index (κ1) is 17.6. The van der Waals surface area contributed by atoms with E-state index in [4.69, 9.17) is 4.74 Å². The number of carbonyl (C=O) groups excluding carboxylic acids is 3. The number of rotatable bonds is 6. The fourth-order valence-corrected chi connectivity index (χ4v) is 2.37. The van der Waals surface area contributed by atoms with Crippen molar-refractivity contribution >= 4 is 17.8 Å². The molecule has 0 unspecified atom stereocenters. The Hall–Kier alpha value is -1.43. The Morgan fingerprint density at radius 2 is 2.00 bits per heavy atom. The van der Waals surface area contributed by atoms with Gasteiger partial charge in [-0.1, -0.05) is 34.6 Å². The van der Waals surface area contributed by atoms with Crippen molar-refractivity contribution in [1.29, 1.82) is 0 Å². The normalized spacial score (nSPS) is 20.6. The highest BCUT2D eigenvalue weighted by Gasteiger charge is 2.42. The third-order valence-corrected chi connectivity index (χ3v) is 4.18. The molecule has 21 heavy (non-hydrogen) atoms. The molecule has 1 saturated heterocycles. The molecule has 2 amide bonds. The molecule has 1 fully saturated rings. The lowest BCUT2D eigenvalue weighted by Gasteiger charge is -2.30. The third kappa shape index (κ3) is 3.61. The number of Topliss-reactive ketones (excluding diaryl/α,β-unsaturated/α-hetero) is 1. The minimum Gasteiger partial charge on any atom is -0.447 e. The highest BCUT2D eigenvalue weighted by atomic mass is 16.6. The molecule has 120 valence electrons. The maximum atomic E-state index is 12.3. The summed E-state index contributed by atoms with van der Waals surface area (Å²) in [5.74, 6) is -0.546. The highest BCUT2D eigenvalue weighted by molar-refractivity contribution is 5.94. The van der Waals surface area contributed by atoms with Crippen LogP contribution in [0.25, 0.3) is 0 Å². The number of imide groups is 1. The molecule has 1 rings (SSSR count). The van der Waals surface area contributed by atoms with E-state index in [0.29, 0.717) is 6.42 Å². The Morgan fingerprint density at radius 3 is 2.48 bits per heavy atom. The Morgan fingerprint density at radius 1 is 1.43 bits per heavy atom. The molecule has 0 spiro atoms. The smallest absolute Gasteiger partial charge is 0.416 e. The zero-order chi connectivity index (χ0) is 16.4. The lowest BCUT2D eigenvalue weighted by molar-refractivity contribution is -0.138. The number of amides is 2. The van der Waals surface area contributed by atoms with Crippen molar-refractivity contribution in [3.63, 3.8) is 0 Å². The largest absolute Gasteiger partial charge is 0.447 e. The third-order valence-electron chi connectivity index (χ3n) is 4.18. The highest BCUT2D eigenvalue weighted by Crippen LogP contribution is 2.28. The molecular weight excluding hydrogens is 274 g/mol. The molecule has 1 aliphatic rings. The van der Waals surface area contributed by atoms with Crippen LogP contribution in [0.5, 0.6) is 0 Å². The van der Waals surface area contributed by atoms with Crippen LogP contribution < -0.4 is 0 Å². The van der Waals surface area contributed by atoms with Crippen LogP contribution in [0.1, 0.15) is 47.5 Å². The van der Waals surface area contributed by atoms with Crippen molar-refractivity contribution in [1.82, 2.24) is 4.90 Å². The number of aliphatic hydroxyl groups excluding tert-OH is 1. The van der Waals surface area contributed by atoms with Crippen LogP contribution in [0.2, 0.25) is 0 Å². The van der Waals surface area contributed by atoms with E-state index in [9.17, 15) is 19.5 Å². The van der Waals surface area contributed by atoms with E-state index >= 15 is 0 Å². The molecule has 0 saturated carbocycles. The van der Waals surface area contributed by atoms with E-state index in [1.807, 2.05) is 13.8 Å². The van der Waals surface area contributed by atoms with Gasteiger partial charge in [0.15, 0.2) is 0 Å². The first-order chi connectivity index (χ1) is 9.62. The number of ketones is 1. The van der Waals surface area contributed by atoms with E-state index in [1.165, 1.54) is 0 Å². The Labute approximate surface area is 125 Å². The molecular formula is C15H25NO5. The second kappa shape index (κ2) is 6.56. The number of nitrogens with zero attached hydrogens (tertiary/aromatic N) is 1. The predicted molar refractivity (Wildman–Crippen MR) is 76.5 cm³/mol. The minimum absolute atomic E-state index is 0.0721. The van der Waals surface area contributed by atoms with Gasteiger partial charge in [0, 0.05) is 11.8 Å². The van der Waals surface area contributed by atoms with Crippen molar-refractivity contribution in [2.75, 3.05) is 6.61 Å². The van der Waals surface area contributed by atoms with E-state index < -0.39 is 23.5 Å². The number of hydrogen-bond acceptors (Lipinski definition) is 5. The quantitative estimate of drug-likeness (QED) is 0.807. The summed E-state index contributed by atoms with van der Waals surface area (Å²) < 4.78 is 4.91. The molecule has 0 aliphatic carbocycles. The molecule has 6 heteroatoms. The molecule has 0 aromatic carbocycles. The van der Waals surface area contributed by atoms with Crippen LogP contribution in [0, 0.1) is 11.3 Å². The van der Waals surface area contributed by atoms with Crippen molar-refractivity contribution in [3.8, 4) is 0 Å². The second-order valence-electron chi connectivity index (χ2n) is 6.37. The first-order valence-corrected chi connectivity index (χ1v) is 7.33. The van der Waals surface area contributed by atoms with Gasteiger partial charge in [-0.05, 0) is 5.92 Å². The molecule has 0 radical (unpaired) electrons. The summed E-state index contributed by atoms with van der Waals surface area (Å²) >= 11 is 0. The van der Waals surface area contributed by atoms with E-state index in [-0.39, 0.29) is 30.8 Å². The molecule has 2 atom stereocenters. The number of hydrogen-bond donors (Lipinski definition) is 1. The molecule has 0 bridgehead atoms. The van der Waals surface area contributed by atoms with Crippen LogP contribution in [0.3, 0.4) is 0 Å². The fourth-order valence-electron chi connectivity index (χ4n) is 2.37. The van der Waals surface area contributed by atoms with Gasteiger partial charge in [0.25, 0.3) is 0 Å². The topological polar surface area (TPSA) is 83.9 Å². The van der Waals surface area contributed by atoms with Gasteiger partial charge in [0.05, 0.1) is 18.6 Å². The molecule has 1 N–H and O–H groups in total.